The molecule has 6 nitrogen and oxygen atoms in total. The minimum absolute atomic E-state index is 0.559. The van der Waals surface area contributed by atoms with Crippen molar-refractivity contribution in [2.75, 3.05) is 60.2 Å². The number of hydrogen-bond acceptors (Lipinski definition) is 4. The molecule has 1 aliphatic rings. The third-order valence-electron chi connectivity index (χ3n) is 4.95. The summed E-state index contributed by atoms with van der Waals surface area (Å²) in [5.74, 6) is 2.39. The minimum atomic E-state index is 0.559. The highest BCUT2D eigenvalue weighted by molar-refractivity contribution is 5.79. The highest BCUT2D eigenvalue weighted by Gasteiger charge is 2.25. The van der Waals surface area contributed by atoms with Crippen molar-refractivity contribution in [3.05, 3.63) is 0 Å². The Bertz CT molecular complexity index is 355. The zero-order valence-electron chi connectivity index (χ0n) is 17.0. The van der Waals surface area contributed by atoms with E-state index in [2.05, 4.69) is 41.3 Å². The van der Waals surface area contributed by atoms with E-state index in [1.54, 1.807) is 7.11 Å². The van der Waals surface area contributed by atoms with E-state index in [0.29, 0.717) is 25.2 Å². The van der Waals surface area contributed by atoms with Gasteiger partial charge in [-0.3, -0.25) is 9.89 Å². The molecule has 1 heterocycles. The van der Waals surface area contributed by atoms with Gasteiger partial charge < -0.3 is 20.1 Å². The van der Waals surface area contributed by atoms with Crippen LogP contribution in [0.25, 0.3) is 0 Å². The van der Waals surface area contributed by atoms with Crippen LogP contribution in [0.5, 0.6) is 0 Å². The van der Waals surface area contributed by atoms with Gasteiger partial charge in [0.05, 0.1) is 13.2 Å². The van der Waals surface area contributed by atoms with Crippen LogP contribution in [0.2, 0.25) is 0 Å². The molecule has 0 aromatic rings. The van der Waals surface area contributed by atoms with E-state index in [1.807, 2.05) is 7.05 Å². The molecule has 2 N–H and O–H groups in total. The number of hydrogen-bond donors (Lipinski definition) is 2. The standard InChI is InChI=1S/C19H40N4O2/c1-16(2)18(23-10-7-17(3)8-11-23)15-22-19(20-4)21-9-6-12-25-14-13-24-5/h16-18H,6-15H2,1-5H3,(H2,20,21,22). The third-order valence-corrected chi connectivity index (χ3v) is 4.95. The minimum Gasteiger partial charge on any atom is -0.382 e. The first-order valence-corrected chi connectivity index (χ1v) is 9.83. The summed E-state index contributed by atoms with van der Waals surface area (Å²) >= 11 is 0. The number of aliphatic imine (C=N–C) groups is 1. The van der Waals surface area contributed by atoms with Gasteiger partial charge in [-0.1, -0.05) is 20.8 Å². The molecule has 0 aliphatic carbocycles. The van der Waals surface area contributed by atoms with Crippen molar-refractivity contribution < 1.29 is 9.47 Å². The molecule has 25 heavy (non-hydrogen) atoms. The second-order valence-electron chi connectivity index (χ2n) is 7.37. The van der Waals surface area contributed by atoms with Gasteiger partial charge in [0.25, 0.3) is 0 Å². The predicted octanol–water partition coefficient (Wildman–Crippen LogP) is 1.96. The van der Waals surface area contributed by atoms with Crippen LogP contribution >= 0.6 is 0 Å². The number of nitrogens with zero attached hydrogens (tertiary/aromatic N) is 2. The molecule has 1 saturated heterocycles. The van der Waals surface area contributed by atoms with Gasteiger partial charge in [0.15, 0.2) is 5.96 Å². The van der Waals surface area contributed by atoms with Gasteiger partial charge in [0.2, 0.25) is 0 Å². The topological polar surface area (TPSA) is 58.1 Å². The lowest BCUT2D eigenvalue weighted by molar-refractivity contribution is 0.0698. The third kappa shape index (κ3) is 9.42. The van der Waals surface area contributed by atoms with E-state index in [1.165, 1.54) is 25.9 Å². The van der Waals surface area contributed by atoms with Crippen LogP contribution in [0, 0.1) is 11.8 Å². The molecule has 1 rings (SSSR count). The van der Waals surface area contributed by atoms with Crippen LogP contribution in [0.1, 0.15) is 40.0 Å². The molecule has 1 atom stereocenters. The second kappa shape index (κ2) is 13.4. The lowest BCUT2D eigenvalue weighted by atomic mass is 9.94. The Morgan fingerprint density at radius 2 is 1.88 bits per heavy atom. The highest BCUT2D eigenvalue weighted by atomic mass is 16.5. The Morgan fingerprint density at radius 1 is 1.16 bits per heavy atom. The summed E-state index contributed by atoms with van der Waals surface area (Å²) in [4.78, 5) is 6.99. The first-order chi connectivity index (χ1) is 12.1. The number of guanidine groups is 1. The van der Waals surface area contributed by atoms with Crippen molar-refractivity contribution in [2.24, 2.45) is 16.8 Å². The number of rotatable bonds is 11. The van der Waals surface area contributed by atoms with Crippen molar-refractivity contribution >= 4 is 5.96 Å². The van der Waals surface area contributed by atoms with E-state index in [-0.39, 0.29) is 0 Å². The number of methoxy groups -OCH3 is 1. The molecule has 1 unspecified atom stereocenters. The fourth-order valence-electron chi connectivity index (χ4n) is 3.19. The molecule has 6 heteroatoms. The van der Waals surface area contributed by atoms with Crippen LogP contribution in [0.4, 0.5) is 0 Å². The molecule has 0 amide bonds. The average molecular weight is 357 g/mol. The number of ether oxygens (including phenoxy) is 2. The Labute approximate surface area is 154 Å². The molecular formula is C19H40N4O2. The molecule has 0 radical (unpaired) electrons. The maximum absolute atomic E-state index is 5.48. The van der Waals surface area contributed by atoms with Crippen LogP contribution in [-0.4, -0.2) is 77.1 Å². The average Bonchev–Trinajstić information content (AvgIpc) is 2.60. The zero-order valence-corrected chi connectivity index (χ0v) is 17.0. The Balaban J connectivity index is 2.26. The fourth-order valence-corrected chi connectivity index (χ4v) is 3.19. The maximum atomic E-state index is 5.48. The summed E-state index contributed by atoms with van der Waals surface area (Å²) in [5.41, 5.74) is 0. The quantitative estimate of drug-likeness (QED) is 0.337. The predicted molar refractivity (Wildman–Crippen MR) is 105 cm³/mol. The summed E-state index contributed by atoms with van der Waals surface area (Å²) in [7, 11) is 3.52. The van der Waals surface area contributed by atoms with E-state index < -0.39 is 0 Å². The van der Waals surface area contributed by atoms with E-state index in [9.17, 15) is 0 Å². The van der Waals surface area contributed by atoms with Crippen LogP contribution in [0.15, 0.2) is 4.99 Å². The summed E-state index contributed by atoms with van der Waals surface area (Å²) in [6.07, 6.45) is 3.60. The van der Waals surface area contributed by atoms with Crippen molar-refractivity contribution in [3.63, 3.8) is 0 Å². The zero-order chi connectivity index (χ0) is 18.5. The van der Waals surface area contributed by atoms with E-state index in [4.69, 9.17) is 9.47 Å². The smallest absolute Gasteiger partial charge is 0.191 e. The summed E-state index contributed by atoms with van der Waals surface area (Å²) < 4.78 is 10.4. The molecule has 0 saturated carbocycles. The summed E-state index contributed by atoms with van der Waals surface area (Å²) in [5, 5.41) is 6.88. The normalized spacial score (nSPS) is 18.6. The van der Waals surface area contributed by atoms with E-state index in [0.717, 1.165) is 38.0 Å². The number of likely N-dealkylation sites (tertiary alicyclic amines) is 1. The second-order valence-corrected chi connectivity index (χ2v) is 7.37. The van der Waals surface area contributed by atoms with Crippen LogP contribution in [0.3, 0.4) is 0 Å². The first kappa shape index (κ1) is 22.2. The summed E-state index contributed by atoms with van der Waals surface area (Å²) in [6.45, 7) is 13.3. The molecule has 0 aromatic heterocycles. The molecule has 148 valence electrons. The van der Waals surface area contributed by atoms with Crippen molar-refractivity contribution in [1.29, 1.82) is 0 Å². The number of nitrogens with one attached hydrogen (secondary N) is 2. The molecule has 1 fully saturated rings. The van der Waals surface area contributed by atoms with Crippen molar-refractivity contribution in [2.45, 2.75) is 46.1 Å². The van der Waals surface area contributed by atoms with Gasteiger partial charge in [-0.2, -0.15) is 0 Å². The SMILES string of the molecule is CN=C(NCCCOCCOC)NCC(C(C)C)N1CCC(C)CC1. The van der Waals surface area contributed by atoms with Crippen molar-refractivity contribution in [1.82, 2.24) is 15.5 Å². The van der Waals surface area contributed by atoms with Gasteiger partial charge in [0, 0.05) is 39.9 Å². The molecule has 0 bridgehead atoms. The fraction of sp³-hybridized carbons (Fsp3) is 0.947. The molecule has 1 aliphatic heterocycles. The van der Waals surface area contributed by atoms with E-state index >= 15 is 0 Å². The van der Waals surface area contributed by atoms with Gasteiger partial charge in [-0.25, -0.2) is 0 Å². The van der Waals surface area contributed by atoms with Gasteiger partial charge in [-0.15, -0.1) is 0 Å². The largest absolute Gasteiger partial charge is 0.382 e. The monoisotopic (exact) mass is 356 g/mol. The first-order valence-electron chi connectivity index (χ1n) is 9.83. The maximum Gasteiger partial charge on any atom is 0.191 e. The number of piperidine rings is 1. The Kier molecular flexibility index (Phi) is 11.9. The van der Waals surface area contributed by atoms with Gasteiger partial charge in [-0.05, 0) is 44.2 Å². The highest BCUT2D eigenvalue weighted by Crippen LogP contribution is 2.20. The van der Waals surface area contributed by atoms with Gasteiger partial charge in [0.1, 0.15) is 0 Å². The molecule has 0 aromatic carbocycles. The lowest BCUT2D eigenvalue weighted by Crippen LogP contribution is -2.51. The molecular weight excluding hydrogens is 316 g/mol. The lowest BCUT2D eigenvalue weighted by Gasteiger charge is -2.39. The van der Waals surface area contributed by atoms with Crippen molar-refractivity contribution in [3.8, 4) is 0 Å². The summed E-state index contributed by atoms with van der Waals surface area (Å²) in [6, 6.07) is 0.559. The van der Waals surface area contributed by atoms with Gasteiger partial charge >= 0.3 is 0 Å². The Hall–Kier alpha value is -0.850. The molecule has 0 spiro atoms. The Morgan fingerprint density at radius 3 is 2.48 bits per heavy atom. The van der Waals surface area contributed by atoms with Crippen LogP contribution < -0.4 is 10.6 Å². The van der Waals surface area contributed by atoms with Crippen LogP contribution in [-0.2, 0) is 9.47 Å².